The molecule has 0 aliphatic rings. The third-order valence-electron chi connectivity index (χ3n) is 7.57. The van der Waals surface area contributed by atoms with Gasteiger partial charge in [0.15, 0.2) is 5.78 Å². The number of carbonyl (C=O) groups excluding carboxylic acids is 4. The summed E-state index contributed by atoms with van der Waals surface area (Å²) in [6.45, 7) is 12.9. The lowest BCUT2D eigenvalue weighted by molar-refractivity contribution is -0.185. The molecule has 0 saturated carbocycles. The van der Waals surface area contributed by atoms with E-state index in [1.165, 1.54) is 6.92 Å². The monoisotopic (exact) mass is 614 g/mol. The van der Waals surface area contributed by atoms with Crippen LogP contribution in [-0.4, -0.2) is 35.9 Å². The summed E-state index contributed by atoms with van der Waals surface area (Å²) in [5.74, 6) is -3.62. The lowest BCUT2D eigenvalue weighted by Crippen LogP contribution is -2.46. The summed E-state index contributed by atoms with van der Waals surface area (Å²) in [5, 5.41) is 0. The van der Waals surface area contributed by atoms with E-state index < -0.39 is 47.7 Å². The highest BCUT2D eigenvalue weighted by Gasteiger charge is 2.41. The highest BCUT2D eigenvalue weighted by atomic mass is 16.6. The van der Waals surface area contributed by atoms with Crippen molar-refractivity contribution in [2.24, 2.45) is 11.8 Å². The van der Waals surface area contributed by atoms with Crippen molar-refractivity contribution in [2.75, 3.05) is 0 Å². The fourth-order valence-electron chi connectivity index (χ4n) is 4.96. The first-order valence-electron chi connectivity index (χ1n) is 15.6. The molecule has 45 heavy (non-hydrogen) atoms. The Balaban J connectivity index is 1.82. The Morgan fingerprint density at radius 1 is 0.533 bits per heavy atom. The molecule has 0 bridgehead atoms. The molecule has 240 valence electrons. The van der Waals surface area contributed by atoms with Crippen LogP contribution in [0, 0.1) is 11.8 Å². The number of esters is 3. The van der Waals surface area contributed by atoms with Crippen LogP contribution in [0.3, 0.4) is 0 Å². The van der Waals surface area contributed by atoms with E-state index in [1.54, 1.807) is 38.1 Å². The molecule has 0 aliphatic heterocycles. The summed E-state index contributed by atoms with van der Waals surface area (Å²) < 4.78 is 16.8. The number of rotatable bonds is 15. The van der Waals surface area contributed by atoms with Gasteiger partial charge in [0, 0.05) is 0 Å². The van der Waals surface area contributed by atoms with Crippen molar-refractivity contribution in [1.82, 2.24) is 0 Å². The minimum absolute atomic E-state index is 0.113. The number of ketones is 1. The largest absolute Gasteiger partial charge is 0.458 e. The SMILES string of the molecule is CC(=O)C(OC(=O)C(C)c1ccc(CC(C)C)cc1)C(OC(=O)C(C)c1ccc(CC(C)C)cc1)C(=O)OCc1ccccc1. The average molecular weight is 615 g/mol. The first-order chi connectivity index (χ1) is 21.3. The maximum atomic E-state index is 13.4. The van der Waals surface area contributed by atoms with Crippen molar-refractivity contribution < 1.29 is 33.4 Å². The molecule has 3 rings (SSSR count). The number of hydrogen-bond donors (Lipinski definition) is 0. The van der Waals surface area contributed by atoms with Gasteiger partial charge in [0.2, 0.25) is 12.2 Å². The number of hydrogen-bond acceptors (Lipinski definition) is 7. The molecule has 7 nitrogen and oxygen atoms in total. The lowest BCUT2D eigenvalue weighted by atomic mass is 9.96. The fraction of sp³-hybridized carbons (Fsp3) is 0.421. The van der Waals surface area contributed by atoms with Crippen LogP contribution in [0.15, 0.2) is 78.9 Å². The summed E-state index contributed by atoms with van der Waals surface area (Å²) in [6.07, 6.45) is -1.66. The second kappa shape index (κ2) is 16.7. The number of Topliss-reactive ketones (excluding diaryl/α,β-unsaturated/α-hetero) is 1. The molecule has 3 aromatic rings. The van der Waals surface area contributed by atoms with Gasteiger partial charge in [-0.3, -0.25) is 14.4 Å². The third-order valence-corrected chi connectivity index (χ3v) is 7.57. The normalized spacial score (nSPS) is 13.9. The van der Waals surface area contributed by atoms with E-state index in [1.807, 2.05) is 54.6 Å². The van der Waals surface area contributed by atoms with Crippen molar-refractivity contribution in [2.45, 2.75) is 92.0 Å². The molecule has 0 N–H and O–H groups in total. The van der Waals surface area contributed by atoms with Crippen LogP contribution in [0.4, 0.5) is 0 Å². The van der Waals surface area contributed by atoms with E-state index >= 15 is 0 Å². The average Bonchev–Trinajstić information content (AvgIpc) is 3.01. The van der Waals surface area contributed by atoms with Gasteiger partial charge in [-0.1, -0.05) is 107 Å². The van der Waals surface area contributed by atoms with Gasteiger partial charge in [-0.05, 0) is 73.3 Å². The molecule has 3 aromatic carbocycles. The van der Waals surface area contributed by atoms with Gasteiger partial charge in [-0.25, -0.2) is 4.79 Å². The number of benzene rings is 3. The van der Waals surface area contributed by atoms with Crippen molar-refractivity contribution in [3.63, 3.8) is 0 Å². The Labute approximate surface area is 267 Å². The van der Waals surface area contributed by atoms with Gasteiger partial charge < -0.3 is 14.2 Å². The zero-order chi connectivity index (χ0) is 33.1. The molecule has 0 saturated heterocycles. The Morgan fingerprint density at radius 3 is 1.36 bits per heavy atom. The molecule has 0 heterocycles. The molecular formula is C38H46O7. The van der Waals surface area contributed by atoms with Crippen LogP contribution >= 0.6 is 0 Å². The Morgan fingerprint density at radius 2 is 0.956 bits per heavy atom. The number of ether oxygens (including phenoxy) is 3. The van der Waals surface area contributed by atoms with Crippen LogP contribution in [-0.2, 0) is 52.8 Å². The van der Waals surface area contributed by atoms with Crippen molar-refractivity contribution in [1.29, 1.82) is 0 Å². The standard InChI is InChI=1S/C38H46O7/c1-24(2)21-29-13-17-32(18-14-29)26(5)36(40)44-34(28(7)39)35(38(42)43-23-31-11-9-8-10-12-31)45-37(41)27(6)33-19-15-30(16-20-33)22-25(3)4/h8-20,24-27,34-35H,21-23H2,1-7H3. The molecule has 7 heteroatoms. The van der Waals surface area contributed by atoms with E-state index in [-0.39, 0.29) is 6.61 Å². The lowest BCUT2D eigenvalue weighted by Gasteiger charge is -2.26. The van der Waals surface area contributed by atoms with Gasteiger partial charge in [-0.2, -0.15) is 0 Å². The van der Waals surface area contributed by atoms with E-state index in [0.29, 0.717) is 28.5 Å². The molecule has 0 amide bonds. The highest BCUT2D eigenvalue weighted by Crippen LogP contribution is 2.24. The fourth-order valence-corrected chi connectivity index (χ4v) is 4.96. The predicted molar refractivity (Wildman–Crippen MR) is 173 cm³/mol. The van der Waals surface area contributed by atoms with E-state index in [4.69, 9.17) is 14.2 Å². The summed E-state index contributed by atoms with van der Waals surface area (Å²) in [5.41, 5.74) is 4.38. The van der Waals surface area contributed by atoms with Gasteiger partial charge in [0.1, 0.15) is 6.61 Å². The maximum absolute atomic E-state index is 13.4. The minimum Gasteiger partial charge on any atom is -0.458 e. The first kappa shape index (κ1) is 35.2. The van der Waals surface area contributed by atoms with Gasteiger partial charge in [-0.15, -0.1) is 0 Å². The Bertz CT molecular complexity index is 1410. The molecule has 0 aliphatic carbocycles. The van der Waals surface area contributed by atoms with Crippen LogP contribution in [0.1, 0.15) is 88.1 Å². The predicted octanol–water partition coefficient (Wildman–Crippen LogP) is 7.15. The van der Waals surface area contributed by atoms with Crippen molar-refractivity contribution >= 4 is 23.7 Å². The quantitative estimate of drug-likeness (QED) is 0.133. The highest BCUT2D eigenvalue weighted by molar-refractivity contribution is 5.93. The zero-order valence-electron chi connectivity index (χ0n) is 27.4. The Hall–Kier alpha value is -4.26. The van der Waals surface area contributed by atoms with E-state index in [0.717, 1.165) is 24.0 Å². The molecular weight excluding hydrogens is 568 g/mol. The minimum atomic E-state index is -1.79. The number of carbonyl (C=O) groups is 4. The second-order valence-electron chi connectivity index (χ2n) is 12.5. The molecule has 4 unspecified atom stereocenters. The summed E-state index contributed by atoms with van der Waals surface area (Å²) in [7, 11) is 0. The summed E-state index contributed by atoms with van der Waals surface area (Å²) in [4.78, 5) is 53.0. The Kier molecular flexibility index (Phi) is 13.1. The summed E-state index contributed by atoms with van der Waals surface area (Å²) >= 11 is 0. The smallest absolute Gasteiger partial charge is 0.352 e. The molecule has 0 aromatic heterocycles. The van der Waals surface area contributed by atoms with Crippen molar-refractivity contribution in [3.8, 4) is 0 Å². The molecule has 0 fully saturated rings. The summed E-state index contributed by atoms with van der Waals surface area (Å²) in [6, 6.07) is 24.2. The van der Waals surface area contributed by atoms with Crippen molar-refractivity contribution in [3.05, 3.63) is 107 Å². The molecule has 0 radical (unpaired) electrons. The van der Waals surface area contributed by atoms with Crippen LogP contribution < -0.4 is 0 Å². The van der Waals surface area contributed by atoms with Gasteiger partial charge >= 0.3 is 17.9 Å². The third kappa shape index (κ3) is 10.7. The second-order valence-corrected chi connectivity index (χ2v) is 12.5. The van der Waals surface area contributed by atoms with E-state index in [2.05, 4.69) is 27.7 Å². The topological polar surface area (TPSA) is 96.0 Å². The van der Waals surface area contributed by atoms with Crippen LogP contribution in [0.5, 0.6) is 0 Å². The zero-order valence-corrected chi connectivity index (χ0v) is 27.4. The van der Waals surface area contributed by atoms with Crippen LogP contribution in [0.2, 0.25) is 0 Å². The van der Waals surface area contributed by atoms with Gasteiger partial charge in [0.05, 0.1) is 11.8 Å². The molecule has 0 spiro atoms. The first-order valence-corrected chi connectivity index (χ1v) is 15.6. The van der Waals surface area contributed by atoms with Crippen LogP contribution in [0.25, 0.3) is 0 Å². The molecule has 4 atom stereocenters. The van der Waals surface area contributed by atoms with Gasteiger partial charge in [0.25, 0.3) is 0 Å². The van der Waals surface area contributed by atoms with E-state index in [9.17, 15) is 19.2 Å². The maximum Gasteiger partial charge on any atom is 0.352 e.